The fourth-order valence-electron chi connectivity index (χ4n) is 1.93. The molecule has 0 atom stereocenters. The van der Waals surface area contributed by atoms with Crippen LogP contribution in [-0.2, 0) is 0 Å². The molecule has 5 nitrogen and oxygen atoms in total. The minimum absolute atomic E-state index is 0. The predicted octanol–water partition coefficient (Wildman–Crippen LogP) is 1.37. The quantitative estimate of drug-likeness (QED) is 0.325. The molecular weight excluding hydrogens is 254 g/mol. The van der Waals surface area contributed by atoms with Gasteiger partial charge in [0.15, 0.2) is 0 Å². The van der Waals surface area contributed by atoms with E-state index in [1.807, 2.05) is 12.1 Å². The summed E-state index contributed by atoms with van der Waals surface area (Å²) in [7, 11) is 0. The second-order valence-electron chi connectivity index (χ2n) is 3.88. The standard InChI is InChI=1S/C12H9N3O2.ClH/c13-7-3-1-6-2-4-9-10(8(6)5-7)15-12(17)11(16)14-9;/h1-5H,13H2,(H,14,16)(H,15,17);1H. The monoisotopic (exact) mass is 263 g/mol. The van der Waals surface area contributed by atoms with E-state index in [1.54, 1.807) is 18.2 Å². The van der Waals surface area contributed by atoms with Gasteiger partial charge in [-0.3, -0.25) is 9.59 Å². The summed E-state index contributed by atoms with van der Waals surface area (Å²) in [5.74, 6) is 0. The molecule has 0 aliphatic heterocycles. The minimum Gasteiger partial charge on any atom is -0.399 e. The van der Waals surface area contributed by atoms with Crippen LogP contribution in [0.5, 0.6) is 0 Å². The van der Waals surface area contributed by atoms with Crippen LogP contribution in [0.2, 0.25) is 0 Å². The van der Waals surface area contributed by atoms with E-state index in [-0.39, 0.29) is 12.4 Å². The van der Waals surface area contributed by atoms with E-state index in [0.29, 0.717) is 16.7 Å². The molecule has 3 rings (SSSR count). The number of hydrogen-bond acceptors (Lipinski definition) is 3. The van der Waals surface area contributed by atoms with E-state index in [9.17, 15) is 9.59 Å². The summed E-state index contributed by atoms with van der Waals surface area (Å²) in [4.78, 5) is 27.6. The van der Waals surface area contributed by atoms with Crippen molar-refractivity contribution in [2.75, 3.05) is 5.73 Å². The van der Waals surface area contributed by atoms with Crippen LogP contribution in [0, 0.1) is 0 Å². The second kappa shape index (κ2) is 4.19. The first-order valence-electron chi connectivity index (χ1n) is 5.10. The van der Waals surface area contributed by atoms with Gasteiger partial charge in [0, 0.05) is 11.1 Å². The Hall–Kier alpha value is -2.27. The highest BCUT2D eigenvalue weighted by Gasteiger charge is 2.04. The van der Waals surface area contributed by atoms with Crippen molar-refractivity contribution in [3.63, 3.8) is 0 Å². The SMILES string of the molecule is Cl.Nc1ccc2ccc3[nH]c(=O)c(=O)[nH]c3c2c1. The zero-order chi connectivity index (χ0) is 12.0. The van der Waals surface area contributed by atoms with Gasteiger partial charge >= 0.3 is 11.1 Å². The number of anilines is 1. The molecule has 0 saturated carbocycles. The average Bonchev–Trinajstić information content (AvgIpc) is 2.31. The van der Waals surface area contributed by atoms with Crippen molar-refractivity contribution in [3.8, 4) is 0 Å². The number of nitrogen functional groups attached to an aromatic ring is 1. The summed E-state index contributed by atoms with van der Waals surface area (Å²) in [5.41, 5.74) is 6.20. The van der Waals surface area contributed by atoms with Gasteiger partial charge in [0.1, 0.15) is 0 Å². The van der Waals surface area contributed by atoms with Gasteiger partial charge in [0.2, 0.25) is 0 Å². The Balaban J connectivity index is 0.00000120. The molecule has 92 valence electrons. The molecule has 18 heavy (non-hydrogen) atoms. The molecule has 1 heterocycles. The minimum atomic E-state index is -0.660. The van der Waals surface area contributed by atoms with E-state index in [1.165, 1.54) is 0 Å². The molecule has 0 bridgehead atoms. The lowest BCUT2D eigenvalue weighted by atomic mass is 10.1. The molecular formula is C12H10ClN3O2. The lowest BCUT2D eigenvalue weighted by molar-refractivity contribution is 1.15. The normalized spacial score (nSPS) is 10.4. The highest BCUT2D eigenvalue weighted by molar-refractivity contribution is 6.04. The third-order valence-electron chi connectivity index (χ3n) is 2.74. The fourth-order valence-corrected chi connectivity index (χ4v) is 1.93. The van der Waals surface area contributed by atoms with Crippen molar-refractivity contribution >= 4 is 39.9 Å². The third-order valence-corrected chi connectivity index (χ3v) is 2.74. The maximum atomic E-state index is 11.3. The Morgan fingerprint density at radius 2 is 1.61 bits per heavy atom. The molecule has 0 spiro atoms. The summed E-state index contributed by atoms with van der Waals surface area (Å²) in [6.45, 7) is 0. The third kappa shape index (κ3) is 1.74. The number of H-pyrrole nitrogens is 2. The van der Waals surface area contributed by atoms with Gasteiger partial charge in [0.05, 0.1) is 11.0 Å². The Kier molecular flexibility index (Phi) is 2.84. The molecule has 1 aromatic heterocycles. The van der Waals surface area contributed by atoms with Gasteiger partial charge in [-0.25, -0.2) is 0 Å². The lowest BCUT2D eigenvalue weighted by Gasteiger charge is -2.03. The Bertz CT molecular complexity index is 851. The molecule has 0 radical (unpaired) electrons. The molecule has 0 fully saturated rings. The smallest absolute Gasteiger partial charge is 0.314 e. The number of benzene rings is 2. The Labute approximate surface area is 107 Å². The van der Waals surface area contributed by atoms with Crippen LogP contribution >= 0.6 is 12.4 Å². The van der Waals surface area contributed by atoms with E-state index in [4.69, 9.17) is 5.73 Å². The summed E-state index contributed by atoms with van der Waals surface area (Å²) in [6.07, 6.45) is 0. The van der Waals surface area contributed by atoms with Crippen LogP contribution in [0.4, 0.5) is 5.69 Å². The van der Waals surface area contributed by atoms with Gasteiger partial charge in [-0.2, -0.15) is 0 Å². The number of halogens is 1. The van der Waals surface area contributed by atoms with Crippen LogP contribution in [0.25, 0.3) is 21.8 Å². The molecule has 0 unspecified atom stereocenters. The Morgan fingerprint density at radius 3 is 2.39 bits per heavy atom. The summed E-state index contributed by atoms with van der Waals surface area (Å²) in [6, 6.07) is 9.05. The second-order valence-corrected chi connectivity index (χ2v) is 3.88. The van der Waals surface area contributed by atoms with Gasteiger partial charge in [-0.1, -0.05) is 12.1 Å². The van der Waals surface area contributed by atoms with Crippen LogP contribution < -0.4 is 16.9 Å². The molecule has 0 saturated heterocycles. The van der Waals surface area contributed by atoms with Crippen molar-refractivity contribution in [1.29, 1.82) is 0 Å². The first-order valence-corrected chi connectivity index (χ1v) is 5.10. The fraction of sp³-hybridized carbons (Fsp3) is 0. The van der Waals surface area contributed by atoms with Crippen LogP contribution in [0.3, 0.4) is 0 Å². The summed E-state index contributed by atoms with van der Waals surface area (Å²) in [5, 5.41) is 1.77. The van der Waals surface area contributed by atoms with Crippen molar-refractivity contribution in [1.82, 2.24) is 9.97 Å². The van der Waals surface area contributed by atoms with Crippen molar-refractivity contribution < 1.29 is 0 Å². The number of fused-ring (bicyclic) bond motifs is 3. The zero-order valence-electron chi connectivity index (χ0n) is 9.19. The molecule has 0 aliphatic rings. The molecule has 0 amide bonds. The maximum absolute atomic E-state index is 11.3. The van der Waals surface area contributed by atoms with E-state index in [0.717, 1.165) is 10.8 Å². The van der Waals surface area contributed by atoms with Crippen molar-refractivity contribution in [2.45, 2.75) is 0 Å². The average molecular weight is 264 g/mol. The van der Waals surface area contributed by atoms with Gasteiger partial charge in [-0.15, -0.1) is 12.4 Å². The number of nitrogens with one attached hydrogen (secondary N) is 2. The van der Waals surface area contributed by atoms with Crippen molar-refractivity contribution in [2.24, 2.45) is 0 Å². The Morgan fingerprint density at radius 1 is 0.944 bits per heavy atom. The molecule has 4 N–H and O–H groups in total. The highest BCUT2D eigenvalue weighted by Crippen LogP contribution is 2.23. The molecule has 0 aliphatic carbocycles. The first kappa shape index (κ1) is 12.2. The van der Waals surface area contributed by atoms with E-state index >= 15 is 0 Å². The largest absolute Gasteiger partial charge is 0.399 e. The first-order chi connectivity index (χ1) is 8.15. The number of aromatic nitrogens is 2. The summed E-state index contributed by atoms with van der Waals surface area (Å²) >= 11 is 0. The topological polar surface area (TPSA) is 91.7 Å². The number of aromatic amines is 2. The highest BCUT2D eigenvalue weighted by atomic mass is 35.5. The van der Waals surface area contributed by atoms with Gasteiger partial charge < -0.3 is 15.7 Å². The van der Waals surface area contributed by atoms with E-state index < -0.39 is 11.1 Å². The predicted molar refractivity (Wildman–Crippen MR) is 74.4 cm³/mol. The number of rotatable bonds is 0. The molecule has 2 aromatic carbocycles. The number of nitrogens with two attached hydrogens (primary N) is 1. The van der Waals surface area contributed by atoms with E-state index in [2.05, 4.69) is 9.97 Å². The zero-order valence-corrected chi connectivity index (χ0v) is 10.0. The van der Waals surface area contributed by atoms with Crippen molar-refractivity contribution in [3.05, 3.63) is 51.0 Å². The van der Waals surface area contributed by atoms with Gasteiger partial charge in [0.25, 0.3) is 0 Å². The van der Waals surface area contributed by atoms with Crippen LogP contribution in [0.1, 0.15) is 0 Å². The van der Waals surface area contributed by atoms with Crippen LogP contribution in [0.15, 0.2) is 39.9 Å². The maximum Gasteiger partial charge on any atom is 0.314 e. The molecule has 6 heteroatoms. The van der Waals surface area contributed by atoms with Crippen LogP contribution in [-0.4, -0.2) is 9.97 Å². The summed E-state index contributed by atoms with van der Waals surface area (Å²) < 4.78 is 0. The lowest BCUT2D eigenvalue weighted by Crippen LogP contribution is -2.28. The van der Waals surface area contributed by atoms with Gasteiger partial charge in [-0.05, 0) is 23.6 Å². The molecule has 3 aromatic rings. The number of hydrogen-bond donors (Lipinski definition) is 3.